The van der Waals surface area contributed by atoms with Crippen molar-refractivity contribution in [3.63, 3.8) is 0 Å². The van der Waals surface area contributed by atoms with E-state index in [4.69, 9.17) is 5.11 Å². The molecule has 0 bridgehead atoms. The van der Waals surface area contributed by atoms with Crippen LogP contribution in [0.4, 0.5) is 10.5 Å². The molecule has 1 saturated heterocycles. The Hall–Kier alpha value is -3.09. The van der Waals surface area contributed by atoms with Crippen LogP contribution in [0.1, 0.15) is 10.4 Å². The molecule has 2 amide bonds. The van der Waals surface area contributed by atoms with Gasteiger partial charge in [-0.25, -0.2) is 9.59 Å². The standard InChI is InChI=1S/C16H15N3O4/c1-17-7-8-18(16(17)23)12-3-2-4-13(9-12)19-10-11(15(21)22)5-6-14(19)20/h2-6,9-10H,7-8H2,1H3,(H,21,22). The zero-order valence-electron chi connectivity index (χ0n) is 12.5. The van der Waals surface area contributed by atoms with Gasteiger partial charge in [0.05, 0.1) is 11.3 Å². The molecule has 0 radical (unpaired) electrons. The number of amides is 2. The maximum Gasteiger partial charge on any atom is 0.337 e. The van der Waals surface area contributed by atoms with Gasteiger partial charge in [0.25, 0.3) is 5.56 Å². The summed E-state index contributed by atoms with van der Waals surface area (Å²) in [6.45, 7) is 1.21. The third-order valence-corrected chi connectivity index (χ3v) is 3.79. The SMILES string of the molecule is CN1CCN(c2cccc(-n3cc(C(=O)O)ccc3=O)c2)C1=O. The fourth-order valence-electron chi connectivity index (χ4n) is 2.51. The van der Waals surface area contributed by atoms with Crippen LogP contribution >= 0.6 is 0 Å². The first-order valence-corrected chi connectivity index (χ1v) is 7.06. The first-order valence-electron chi connectivity index (χ1n) is 7.06. The molecule has 1 fully saturated rings. The molecule has 1 aliphatic rings. The Labute approximate surface area is 132 Å². The Kier molecular flexibility index (Phi) is 3.61. The number of nitrogens with zero attached hydrogens (tertiary/aromatic N) is 3. The maximum absolute atomic E-state index is 12.1. The van der Waals surface area contributed by atoms with Crippen LogP contribution in [0.25, 0.3) is 5.69 Å². The molecular formula is C16H15N3O4. The summed E-state index contributed by atoms with van der Waals surface area (Å²) >= 11 is 0. The number of anilines is 1. The summed E-state index contributed by atoms with van der Waals surface area (Å²) < 4.78 is 1.26. The number of aromatic nitrogens is 1. The van der Waals surface area contributed by atoms with Gasteiger partial charge in [0.15, 0.2) is 0 Å². The zero-order valence-corrected chi connectivity index (χ0v) is 12.5. The van der Waals surface area contributed by atoms with E-state index >= 15 is 0 Å². The minimum Gasteiger partial charge on any atom is -0.478 e. The normalized spacial score (nSPS) is 14.4. The third kappa shape index (κ3) is 2.68. The van der Waals surface area contributed by atoms with Crippen molar-refractivity contribution in [1.29, 1.82) is 0 Å². The topological polar surface area (TPSA) is 82.8 Å². The molecule has 0 unspecified atom stereocenters. The van der Waals surface area contributed by atoms with Crippen LogP contribution < -0.4 is 10.5 Å². The molecule has 23 heavy (non-hydrogen) atoms. The molecule has 1 aromatic carbocycles. The molecule has 2 heterocycles. The van der Waals surface area contributed by atoms with Gasteiger partial charge in [-0.3, -0.25) is 14.3 Å². The number of aromatic carboxylic acids is 1. The molecule has 7 nitrogen and oxygen atoms in total. The summed E-state index contributed by atoms with van der Waals surface area (Å²) in [6, 6.07) is 9.29. The first kappa shape index (κ1) is 14.8. The van der Waals surface area contributed by atoms with Gasteiger partial charge in [-0.05, 0) is 24.3 Å². The second-order valence-corrected chi connectivity index (χ2v) is 5.31. The molecule has 0 spiro atoms. The van der Waals surface area contributed by atoms with Crippen molar-refractivity contribution >= 4 is 17.7 Å². The second-order valence-electron chi connectivity index (χ2n) is 5.31. The lowest BCUT2D eigenvalue weighted by Crippen LogP contribution is -2.29. The molecule has 1 N–H and O–H groups in total. The number of urea groups is 1. The Bertz CT molecular complexity index is 843. The summed E-state index contributed by atoms with van der Waals surface area (Å²) in [5.74, 6) is -1.11. The van der Waals surface area contributed by atoms with E-state index in [2.05, 4.69) is 0 Å². The Morgan fingerprint density at radius 1 is 1.09 bits per heavy atom. The van der Waals surface area contributed by atoms with Crippen LogP contribution in [-0.4, -0.2) is 46.7 Å². The number of benzene rings is 1. The Balaban J connectivity index is 2.04. The minimum absolute atomic E-state index is 0.0204. The number of carboxylic acids is 1. The van der Waals surface area contributed by atoms with Crippen molar-refractivity contribution in [3.05, 3.63) is 58.5 Å². The number of hydrogen-bond donors (Lipinski definition) is 1. The van der Waals surface area contributed by atoms with Crippen molar-refractivity contribution < 1.29 is 14.7 Å². The largest absolute Gasteiger partial charge is 0.478 e. The quantitative estimate of drug-likeness (QED) is 0.928. The molecule has 0 aliphatic carbocycles. The summed E-state index contributed by atoms with van der Waals surface area (Å²) in [4.78, 5) is 38.4. The average molecular weight is 313 g/mol. The fraction of sp³-hybridized carbons (Fsp3) is 0.188. The molecule has 7 heteroatoms. The maximum atomic E-state index is 12.1. The molecule has 3 rings (SSSR count). The Morgan fingerprint density at radius 2 is 1.83 bits per heavy atom. The van der Waals surface area contributed by atoms with Gasteiger partial charge in [0.1, 0.15) is 0 Å². The van der Waals surface area contributed by atoms with Crippen molar-refractivity contribution in [2.45, 2.75) is 0 Å². The smallest absolute Gasteiger partial charge is 0.337 e. The lowest BCUT2D eigenvalue weighted by Gasteiger charge is -2.17. The number of likely N-dealkylation sites (N-methyl/N-ethyl adjacent to an activating group) is 1. The fourth-order valence-corrected chi connectivity index (χ4v) is 2.51. The molecule has 0 atom stereocenters. The monoisotopic (exact) mass is 313 g/mol. The summed E-state index contributed by atoms with van der Waals surface area (Å²) in [5.41, 5.74) is 0.867. The van der Waals surface area contributed by atoms with Gasteiger partial charge in [0, 0.05) is 38.1 Å². The number of carbonyl (C=O) groups excluding carboxylic acids is 1. The molecule has 0 saturated carbocycles. The number of hydrogen-bond acceptors (Lipinski definition) is 3. The molecular weight excluding hydrogens is 298 g/mol. The van der Waals surface area contributed by atoms with Crippen LogP contribution in [0.3, 0.4) is 0 Å². The van der Waals surface area contributed by atoms with Crippen LogP contribution in [0.2, 0.25) is 0 Å². The van der Waals surface area contributed by atoms with Gasteiger partial charge >= 0.3 is 12.0 Å². The predicted octanol–water partition coefficient (Wildman–Crippen LogP) is 1.41. The lowest BCUT2D eigenvalue weighted by molar-refractivity contribution is 0.0696. The van der Waals surface area contributed by atoms with Crippen LogP contribution in [-0.2, 0) is 0 Å². The summed E-state index contributed by atoms with van der Waals surface area (Å²) in [7, 11) is 1.73. The highest BCUT2D eigenvalue weighted by Gasteiger charge is 2.26. The number of pyridine rings is 1. The zero-order chi connectivity index (χ0) is 16.6. The minimum atomic E-state index is -1.11. The highest BCUT2D eigenvalue weighted by atomic mass is 16.4. The van der Waals surface area contributed by atoms with Crippen LogP contribution in [0.15, 0.2) is 47.4 Å². The summed E-state index contributed by atoms with van der Waals surface area (Å²) in [5, 5.41) is 9.06. The van der Waals surface area contributed by atoms with Crippen LogP contribution in [0.5, 0.6) is 0 Å². The molecule has 118 valence electrons. The second kappa shape index (κ2) is 5.60. The van der Waals surface area contributed by atoms with E-state index in [1.54, 1.807) is 41.1 Å². The highest BCUT2D eigenvalue weighted by Crippen LogP contribution is 2.22. The van der Waals surface area contributed by atoms with Crippen molar-refractivity contribution in [2.75, 3.05) is 25.0 Å². The van der Waals surface area contributed by atoms with Gasteiger partial charge in [-0.15, -0.1) is 0 Å². The first-order chi connectivity index (χ1) is 11.0. The third-order valence-electron chi connectivity index (χ3n) is 3.79. The number of rotatable bonds is 3. The molecule has 1 aliphatic heterocycles. The Morgan fingerprint density at radius 3 is 2.48 bits per heavy atom. The van der Waals surface area contributed by atoms with Gasteiger partial charge in [0.2, 0.25) is 0 Å². The van der Waals surface area contributed by atoms with E-state index in [1.165, 1.54) is 22.9 Å². The number of carbonyl (C=O) groups is 2. The average Bonchev–Trinajstić information content (AvgIpc) is 2.87. The van der Waals surface area contributed by atoms with Crippen molar-refractivity contribution in [2.24, 2.45) is 0 Å². The predicted molar refractivity (Wildman–Crippen MR) is 84.4 cm³/mol. The van der Waals surface area contributed by atoms with Crippen molar-refractivity contribution in [1.82, 2.24) is 9.47 Å². The van der Waals surface area contributed by atoms with Crippen LogP contribution in [0, 0.1) is 0 Å². The summed E-state index contributed by atoms with van der Waals surface area (Å²) in [6.07, 6.45) is 1.28. The van der Waals surface area contributed by atoms with Gasteiger partial charge in [-0.1, -0.05) is 6.07 Å². The van der Waals surface area contributed by atoms with E-state index in [-0.39, 0.29) is 17.2 Å². The van der Waals surface area contributed by atoms with Crippen molar-refractivity contribution in [3.8, 4) is 5.69 Å². The van der Waals surface area contributed by atoms with Gasteiger partial charge < -0.3 is 10.0 Å². The van der Waals surface area contributed by atoms with E-state index < -0.39 is 5.97 Å². The number of carboxylic acid groups (broad SMARTS) is 1. The van der Waals surface area contributed by atoms with Gasteiger partial charge in [-0.2, -0.15) is 0 Å². The molecule has 1 aromatic heterocycles. The van der Waals surface area contributed by atoms with E-state index in [9.17, 15) is 14.4 Å². The lowest BCUT2D eigenvalue weighted by atomic mass is 10.2. The molecule has 2 aromatic rings. The van der Waals surface area contributed by atoms with E-state index in [1.807, 2.05) is 0 Å². The van der Waals surface area contributed by atoms with E-state index in [0.717, 1.165) is 0 Å². The highest BCUT2D eigenvalue weighted by molar-refractivity contribution is 5.94. The van der Waals surface area contributed by atoms with E-state index in [0.29, 0.717) is 24.5 Å².